The van der Waals surface area contributed by atoms with Crippen LogP contribution in [0.4, 0.5) is 0 Å². The number of nitrogens with zero attached hydrogens (tertiary/aromatic N) is 2. The van der Waals surface area contributed by atoms with Crippen molar-refractivity contribution in [2.75, 3.05) is 13.1 Å². The average molecular weight is 542 g/mol. The fourth-order valence-electron chi connectivity index (χ4n) is 6.80. The molecule has 2 saturated heterocycles. The van der Waals surface area contributed by atoms with Crippen LogP contribution < -0.4 is 5.73 Å². The number of carbonyl (C=O) groups is 3. The molecule has 0 radical (unpaired) electrons. The van der Waals surface area contributed by atoms with Gasteiger partial charge in [-0.05, 0) is 50.7 Å². The second-order valence-corrected chi connectivity index (χ2v) is 11.7. The number of nitrogens with two attached hydrogens (primary N) is 1. The van der Waals surface area contributed by atoms with Gasteiger partial charge >= 0.3 is 5.97 Å². The molecule has 2 aromatic carbocycles. The Bertz CT molecular complexity index is 1310. The molecule has 7 nitrogen and oxygen atoms in total. The standard InChI is InChI=1S/C17H19NO3.C16H20N2O/c1-12(13-7-3-2-4-8-13)18-11-17(16(20)21)10-6-5-9-14(17)15(18)19;1-12(13-7-3-2-4-8-13)18-11-16(17)10-6-5-9-14(16)15(18)19/h2-8,12,14H,9-11H2,1H3,(H,20,21);2-8,12,14H,9-11,17H2,1H3/t12-,14+,17-;12-,14+,16-/m11/s1. The summed E-state index contributed by atoms with van der Waals surface area (Å²) in [4.78, 5) is 40.7. The summed E-state index contributed by atoms with van der Waals surface area (Å²) >= 11 is 0. The van der Waals surface area contributed by atoms with E-state index in [1.807, 2.05) is 72.5 Å². The summed E-state index contributed by atoms with van der Waals surface area (Å²) in [7, 11) is 0. The third-order valence-corrected chi connectivity index (χ3v) is 9.42. The first-order valence-corrected chi connectivity index (χ1v) is 14.2. The lowest BCUT2D eigenvalue weighted by Crippen LogP contribution is -2.48. The number of rotatable bonds is 5. The minimum absolute atomic E-state index is 0.0295. The molecule has 7 heteroatoms. The Hall–Kier alpha value is -3.71. The number of benzene rings is 2. The molecule has 0 saturated carbocycles. The van der Waals surface area contributed by atoms with Crippen LogP contribution in [0.1, 0.15) is 62.7 Å². The average Bonchev–Trinajstić information content (AvgIpc) is 3.45. The van der Waals surface area contributed by atoms with Gasteiger partial charge in [-0.3, -0.25) is 14.4 Å². The monoisotopic (exact) mass is 541 g/mol. The predicted molar refractivity (Wildman–Crippen MR) is 154 cm³/mol. The number of aliphatic carboxylic acids is 1. The Kier molecular flexibility index (Phi) is 7.69. The summed E-state index contributed by atoms with van der Waals surface area (Å²) in [5.74, 6) is -1.14. The summed E-state index contributed by atoms with van der Waals surface area (Å²) in [6.07, 6.45) is 10.6. The van der Waals surface area contributed by atoms with E-state index in [2.05, 4.69) is 31.2 Å². The Morgan fingerprint density at radius 3 is 1.75 bits per heavy atom. The molecular weight excluding hydrogens is 502 g/mol. The van der Waals surface area contributed by atoms with E-state index in [0.29, 0.717) is 25.9 Å². The summed E-state index contributed by atoms with van der Waals surface area (Å²) in [5.41, 5.74) is 7.34. The Morgan fingerprint density at radius 1 is 0.775 bits per heavy atom. The summed E-state index contributed by atoms with van der Waals surface area (Å²) < 4.78 is 0. The van der Waals surface area contributed by atoms with Crippen LogP contribution in [0.15, 0.2) is 85.0 Å². The van der Waals surface area contributed by atoms with E-state index in [0.717, 1.165) is 18.4 Å². The van der Waals surface area contributed by atoms with E-state index in [1.165, 1.54) is 5.56 Å². The maximum atomic E-state index is 12.7. The van der Waals surface area contributed by atoms with E-state index < -0.39 is 17.3 Å². The van der Waals surface area contributed by atoms with Crippen LogP contribution >= 0.6 is 0 Å². The van der Waals surface area contributed by atoms with Gasteiger partial charge in [0.2, 0.25) is 11.8 Å². The highest BCUT2D eigenvalue weighted by atomic mass is 16.4. The van der Waals surface area contributed by atoms with Gasteiger partial charge in [-0.2, -0.15) is 0 Å². The van der Waals surface area contributed by atoms with Crippen molar-refractivity contribution >= 4 is 17.8 Å². The van der Waals surface area contributed by atoms with Gasteiger partial charge in [0.1, 0.15) is 5.41 Å². The topological polar surface area (TPSA) is 104 Å². The van der Waals surface area contributed by atoms with Crippen LogP contribution in [0.3, 0.4) is 0 Å². The molecule has 0 aromatic heterocycles. The molecule has 2 aliphatic heterocycles. The SMILES string of the molecule is C[C@H](c1ccccc1)N1C[C@]2(C(=O)O)CC=CC[C@H]2C1=O.C[C@H](c1ccccc1)N1C[C@]2(N)CC=CC[C@H]2C1=O. The molecule has 2 amide bonds. The number of fused-ring (bicyclic) bond motifs is 2. The lowest BCUT2D eigenvalue weighted by atomic mass is 9.71. The molecule has 40 heavy (non-hydrogen) atoms. The first-order valence-electron chi connectivity index (χ1n) is 14.2. The number of likely N-dealkylation sites (tertiary alicyclic amines) is 2. The number of hydrogen-bond donors (Lipinski definition) is 2. The third-order valence-electron chi connectivity index (χ3n) is 9.42. The van der Waals surface area contributed by atoms with Gasteiger partial charge in [-0.1, -0.05) is 85.0 Å². The quantitative estimate of drug-likeness (QED) is 0.525. The molecule has 210 valence electrons. The van der Waals surface area contributed by atoms with Gasteiger partial charge in [-0.25, -0.2) is 0 Å². The van der Waals surface area contributed by atoms with Gasteiger partial charge in [-0.15, -0.1) is 0 Å². The molecule has 6 atom stereocenters. The number of hydrogen-bond acceptors (Lipinski definition) is 4. The maximum Gasteiger partial charge on any atom is 0.312 e. The fraction of sp³-hybridized carbons (Fsp3) is 0.424. The Balaban J connectivity index is 0.000000162. The van der Waals surface area contributed by atoms with Gasteiger partial charge in [0, 0.05) is 18.6 Å². The molecule has 0 unspecified atom stereocenters. The Morgan fingerprint density at radius 2 is 1.25 bits per heavy atom. The van der Waals surface area contributed by atoms with Crippen LogP contribution in [0.25, 0.3) is 0 Å². The van der Waals surface area contributed by atoms with Crippen molar-refractivity contribution in [3.05, 3.63) is 96.1 Å². The van der Waals surface area contributed by atoms with Crippen molar-refractivity contribution in [2.45, 2.75) is 57.2 Å². The molecule has 4 aliphatic rings. The minimum Gasteiger partial charge on any atom is -0.481 e. The van der Waals surface area contributed by atoms with E-state index in [4.69, 9.17) is 5.73 Å². The highest BCUT2D eigenvalue weighted by Gasteiger charge is 2.58. The number of carboxylic acid groups (broad SMARTS) is 1. The smallest absolute Gasteiger partial charge is 0.312 e. The molecule has 2 aromatic rings. The second-order valence-electron chi connectivity index (χ2n) is 11.7. The van der Waals surface area contributed by atoms with Crippen molar-refractivity contribution in [1.82, 2.24) is 9.80 Å². The van der Waals surface area contributed by atoms with Crippen molar-refractivity contribution in [3.8, 4) is 0 Å². The van der Waals surface area contributed by atoms with Gasteiger partial charge in [0.25, 0.3) is 0 Å². The number of allylic oxidation sites excluding steroid dienone is 3. The van der Waals surface area contributed by atoms with E-state index >= 15 is 0 Å². The normalized spacial score (nSPS) is 30.3. The Labute approximate surface area is 236 Å². The summed E-state index contributed by atoms with van der Waals surface area (Å²) in [6.45, 7) is 5.01. The molecule has 2 aliphatic carbocycles. The second kappa shape index (κ2) is 11.0. The number of amides is 2. The lowest BCUT2D eigenvalue weighted by Gasteiger charge is -2.30. The van der Waals surface area contributed by atoms with Gasteiger partial charge in [0.05, 0.1) is 23.9 Å². The van der Waals surface area contributed by atoms with Crippen molar-refractivity contribution < 1.29 is 19.5 Å². The highest BCUT2D eigenvalue weighted by molar-refractivity contribution is 5.92. The predicted octanol–water partition coefficient (Wildman–Crippen LogP) is 4.88. The molecule has 0 spiro atoms. The molecular formula is C33H39N3O4. The van der Waals surface area contributed by atoms with E-state index in [1.54, 1.807) is 4.90 Å². The van der Waals surface area contributed by atoms with E-state index in [9.17, 15) is 19.5 Å². The largest absolute Gasteiger partial charge is 0.481 e. The zero-order valence-corrected chi connectivity index (χ0v) is 23.3. The third kappa shape index (κ3) is 4.87. The first kappa shape index (κ1) is 27.8. The van der Waals surface area contributed by atoms with E-state index in [-0.39, 0.29) is 35.4 Å². The van der Waals surface area contributed by atoms with Crippen LogP contribution in [0.2, 0.25) is 0 Å². The first-order chi connectivity index (χ1) is 19.2. The van der Waals surface area contributed by atoms with Crippen LogP contribution in [0.5, 0.6) is 0 Å². The molecule has 2 fully saturated rings. The number of carbonyl (C=O) groups excluding carboxylic acids is 2. The van der Waals surface area contributed by atoms with Crippen molar-refractivity contribution in [3.63, 3.8) is 0 Å². The zero-order valence-electron chi connectivity index (χ0n) is 23.3. The highest BCUT2D eigenvalue weighted by Crippen LogP contribution is 2.47. The fourth-order valence-corrected chi connectivity index (χ4v) is 6.80. The zero-order chi connectivity index (χ0) is 28.5. The summed E-state index contributed by atoms with van der Waals surface area (Å²) in [6, 6.07) is 19.9. The van der Waals surface area contributed by atoms with Crippen LogP contribution in [-0.2, 0) is 14.4 Å². The maximum absolute atomic E-state index is 12.7. The van der Waals surface area contributed by atoms with Crippen LogP contribution in [-0.4, -0.2) is 51.3 Å². The molecule has 2 heterocycles. The molecule has 6 rings (SSSR count). The van der Waals surface area contributed by atoms with Gasteiger partial charge < -0.3 is 20.6 Å². The number of carboxylic acids is 1. The van der Waals surface area contributed by atoms with Crippen LogP contribution in [0, 0.1) is 17.3 Å². The lowest BCUT2D eigenvalue weighted by molar-refractivity contribution is -0.152. The molecule has 0 bridgehead atoms. The van der Waals surface area contributed by atoms with Crippen molar-refractivity contribution in [2.24, 2.45) is 23.0 Å². The van der Waals surface area contributed by atoms with Crippen molar-refractivity contribution in [1.29, 1.82) is 0 Å². The minimum atomic E-state index is -0.950. The van der Waals surface area contributed by atoms with Gasteiger partial charge in [0.15, 0.2) is 0 Å². The molecule has 3 N–H and O–H groups in total. The summed E-state index contributed by atoms with van der Waals surface area (Å²) in [5, 5.41) is 9.67.